The van der Waals surface area contributed by atoms with E-state index in [0.717, 1.165) is 29.4 Å². The van der Waals surface area contributed by atoms with Gasteiger partial charge in [0.15, 0.2) is 11.2 Å². The number of rotatable bonds is 8. The maximum absolute atomic E-state index is 12.4. The van der Waals surface area contributed by atoms with E-state index >= 15 is 0 Å². The molecule has 0 aliphatic heterocycles. The van der Waals surface area contributed by atoms with Crippen LogP contribution in [0.15, 0.2) is 21.7 Å². The van der Waals surface area contributed by atoms with Crippen LogP contribution in [0.3, 0.4) is 0 Å². The van der Waals surface area contributed by atoms with Crippen LogP contribution in [0.2, 0.25) is 0 Å². The highest BCUT2D eigenvalue weighted by molar-refractivity contribution is 5.95. The standard InChI is InChI=1S/C22H29N5O3/c1-5-6-7-8-9-10-11-18(28)23-15-13-17-16(12-14(15)2)24-19-20(25-17)26(3)22(30)27(4)21(19)29/h12-13H,5-11H2,1-4H3,(H,23,28). The first-order chi connectivity index (χ1) is 14.3. The number of benzene rings is 1. The summed E-state index contributed by atoms with van der Waals surface area (Å²) in [5.74, 6) is -0.0250. The van der Waals surface area contributed by atoms with Crippen LogP contribution in [0.25, 0.3) is 22.2 Å². The molecule has 0 spiro atoms. The third kappa shape index (κ3) is 4.42. The molecule has 0 bridgehead atoms. The molecule has 1 aromatic carbocycles. The van der Waals surface area contributed by atoms with Crippen molar-refractivity contribution in [2.24, 2.45) is 14.1 Å². The predicted molar refractivity (Wildman–Crippen MR) is 119 cm³/mol. The van der Waals surface area contributed by atoms with Crippen LogP contribution in [0, 0.1) is 6.92 Å². The Labute approximate surface area is 175 Å². The van der Waals surface area contributed by atoms with Crippen molar-refractivity contribution in [1.29, 1.82) is 0 Å². The number of unbranched alkanes of at least 4 members (excludes halogenated alkanes) is 5. The quantitative estimate of drug-likeness (QED) is 0.453. The van der Waals surface area contributed by atoms with E-state index < -0.39 is 11.2 Å². The molecule has 0 fully saturated rings. The minimum absolute atomic E-state index is 0.0250. The minimum atomic E-state index is -0.475. The molecule has 0 aliphatic carbocycles. The highest BCUT2D eigenvalue weighted by Gasteiger charge is 2.14. The summed E-state index contributed by atoms with van der Waals surface area (Å²) in [5, 5.41) is 2.96. The van der Waals surface area contributed by atoms with Crippen molar-refractivity contribution in [3.63, 3.8) is 0 Å². The zero-order valence-electron chi connectivity index (χ0n) is 18.1. The number of amides is 1. The van der Waals surface area contributed by atoms with Gasteiger partial charge in [-0.2, -0.15) is 0 Å². The Morgan fingerprint density at radius 2 is 1.63 bits per heavy atom. The van der Waals surface area contributed by atoms with E-state index in [4.69, 9.17) is 0 Å². The van der Waals surface area contributed by atoms with Gasteiger partial charge in [0.1, 0.15) is 0 Å². The molecular weight excluding hydrogens is 382 g/mol. The van der Waals surface area contributed by atoms with Crippen molar-refractivity contribution in [2.75, 3.05) is 5.32 Å². The first-order valence-electron chi connectivity index (χ1n) is 10.5. The summed E-state index contributed by atoms with van der Waals surface area (Å²) in [6.07, 6.45) is 7.26. The maximum Gasteiger partial charge on any atom is 0.332 e. The van der Waals surface area contributed by atoms with E-state index in [0.29, 0.717) is 23.1 Å². The normalized spacial score (nSPS) is 11.3. The number of fused-ring (bicyclic) bond motifs is 2. The summed E-state index contributed by atoms with van der Waals surface area (Å²) >= 11 is 0. The van der Waals surface area contributed by atoms with Gasteiger partial charge in [0.05, 0.1) is 11.0 Å². The van der Waals surface area contributed by atoms with E-state index in [-0.39, 0.29) is 17.1 Å². The van der Waals surface area contributed by atoms with Gasteiger partial charge in [0.2, 0.25) is 5.91 Å². The van der Waals surface area contributed by atoms with E-state index in [2.05, 4.69) is 22.2 Å². The van der Waals surface area contributed by atoms with Gasteiger partial charge >= 0.3 is 5.69 Å². The van der Waals surface area contributed by atoms with Gasteiger partial charge in [-0.05, 0) is 31.0 Å². The fourth-order valence-corrected chi connectivity index (χ4v) is 3.55. The molecule has 160 valence electrons. The predicted octanol–water partition coefficient (Wildman–Crippen LogP) is 3.18. The van der Waals surface area contributed by atoms with Gasteiger partial charge in [0, 0.05) is 26.2 Å². The monoisotopic (exact) mass is 411 g/mol. The number of hydrogen-bond acceptors (Lipinski definition) is 5. The van der Waals surface area contributed by atoms with Crippen molar-refractivity contribution in [1.82, 2.24) is 19.1 Å². The van der Waals surface area contributed by atoms with Gasteiger partial charge in [-0.25, -0.2) is 14.8 Å². The zero-order valence-corrected chi connectivity index (χ0v) is 18.1. The fourth-order valence-electron chi connectivity index (χ4n) is 3.55. The summed E-state index contributed by atoms with van der Waals surface area (Å²) in [6, 6.07) is 3.55. The lowest BCUT2D eigenvalue weighted by molar-refractivity contribution is -0.116. The lowest BCUT2D eigenvalue weighted by Gasteiger charge is -2.11. The second kappa shape index (κ2) is 9.19. The molecular formula is C22H29N5O3. The summed E-state index contributed by atoms with van der Waals surface area (Å²) in [4.78, 5) is 45.9. The molecule has 0 radical (unpaired) electrons. The molecule has 8 nitrogen and oxygen atoms in total. The van der Waals surface area contributed by atoms with E-state index in [1.165, 1.54) is 30.9 Å². The third-order valence-electron chi connectivity index (χ3n) is 5.42. The lowest BCUT2D eigenvalue weighted by atomic mass is 10.1. The summed E-state index contributed by atoms with van der Waals surface area (Å²) in [6.45, 7) is 4.07. The average Bonchev–Trinajstić information content (AvgIpc) is 2.73. The van der Waals surface area contributed by atoms with Gasteiger partial charge < -0.3 is 5.32 Å². The lowest BCUT2D eigenvalue weighted by Crippen LogP contribution is -2.37. The van der Waals surface area contributed by atoms with E-state index in [1.807, 2.05) is 6.92 Å². The van der Waals surface area contributed by atoms with E-state index in [1.54, 1.807) is 19.2 Å². The molecule has 1 amide bonds. The van der Waals surface area contributed by atoms with Crippen LogP contribution in [0.5, 0.6) is 0 Å². The molecule has 2 aromatic heterocycles. The number of carbonyl (C=O) groups is 1. The summed E-state index contributed by atoms with van der Waals surface area (Å²) < 4.78 is 2.33. The van der Waals surface area contributed by atoms with Crippen LogP contribution in [-0.2, 0) is 18.9 Å². The van der Waals surface area contributed by atoms with Crippen LogP contribution in [0.1, 0.15) is 57.4 Å². The molecule has 0 atom stereocenters. The molecule has 0 saturated heterocycles. The molecule has 0 saturated carbocycles. The molecule has 0 aliphatic rings. The van der Waals surface area contributed by atoms with Gasteiger partial charge in [-0.3, -0.25) is 18.7 Å². The highest BCUT2D eigenvalue weighted by atomic mass is 16.2. The van der Waals surface area contributed by atoms with Gasteiger partial charge in [0.25, 0.3) is 5.56 Å². The largest absolute Gasteiger partial charge is 0.332 e. The van der Waals surface area contributed by atoms with Crippen LogP contribution in [0.4, 0.5) is 5.69 Å². The Hall–Kier alpha value is -3.03. The number of nitrogens with one attached hydrogen (secondary N) is 1. The molecule has 0 unspecified atom stereocenters. The van der Waals surface area contributed by atoms with E-state index in [9.17, 15) is 14.4 Å². The fraction of sp³-hybridized carbons (Fsp3) is 0.500. The zero-order chi connectivity index (χ0) is 21.8. The average molecular weight is 412 g/mol. The highest BCUT2D eigenvalue weighted by Crippen LogP contribution is 2.23. The number of carbonyl (C=O) groups excluding carboxylic acids is 1. The van der Waals surface area contributed by atoms with Crippen molar-refractivity contribution in [3.05, 3.63) is 38.5 Å². The SMILES string of the molecule is CCCCCCCCC(=O)Nc1cc2nc3c(nc2cc1C)c(=O)n(C)c(=O)n3C. The second-order valence-electron chi connectivity index (χ2n) is 7.82. The molecule has 8 heteroatoms. The number of nitrogens with zero attached hydrogens (tertiary/aromatic N) is 4. The Bertz CT molecular complexity index is 1210. The van der Waals surface area contributed by atoms with Crippen LogP contribution < -0.4 is 16.6 Å². The maximum atomic E-state index is 12.4. The van der Waals surface area contributed by atoms with Crippen LogP contribution >= 0.6 is 0 Å². The number of aryl methyl sites for hydroxylation is 2. The first-order valence-corrected chi connectivity index (χ1v) is 10.5. The molecule has 3 aromatic rings. The molecule has 30 heavy (non-hydrogen) atoms. The topological polar surface area (TPSA) is 98.9 Å². The first kappa shape index (κ1) is 21.7. The summed E-state index contributed by atoms with van der Waals surface area (Å²) in [5.41, 5.74) is 2.01. The minimum Gasteiger partial charge on any atom is -0.326 e. The Balaban J connectivity index is 1.84. The van der Waals surface area contributed by atoms with Gasteiger partial charge in [-0.1, -0.05) is 39.0 Å². The summed E-state index contributed by atoms with van der Waals surface area (Å²) in [7, 11) is 2.98. The molecule has 3 rings (SSSR count). The van der Waals surface area contributed by atoms with Crippen molar-refractivity contribution in [3.8, 4) is 0 Å². The van der Waals surface area contributed by atoms with Crippen molar-refractivity contribution >= 4 is 33.8 Å². The third-order valence-corrected chi connectivity index (χ3v) is 5.42. The van der Waals surface area contributed by atoms with Crippen LogP contribution in [-0.4, -0.2) is 25.0 Å². The molecule has 2 heterocycles. The Morgan fingerprint density at radius 1 is 0.967 bits per heavy atom. The van der Waals surface area contributed by atoms with Gasteiger partial charge in [-0.15, -0.1) is 0 Å². The smallest absolute Gasteiger partial charge is 0.326 e. The Morgan fingerprint density at radius 3 is 2.37 bits per heavy atom. The Kier molecular flexibility index (Phi) is 6.64. The molecule has 1 N–H and O–H groups in total. The number of aromatic nitrogens is 4. The van der Waals surface area contributed by atoms with Crippen molar-refractivity contribution < 1.29 is 4.79 Å². The second-order valence-corrected chi connectivity index (χ2v) is 7.82. The number of hydrogen-bond donors (Lipinski definition) is 1. The van der Waals surface area contributed by atoms with Crippen molar-refractivity contribution in [2.45, 2.75) is 58.8 Å². The number of anilines is 1.